The smallest absolute Gasteiger partial charge is 0.361 e. The summed E-state index contributed by atoms with van der Waals surface area (Å²) in [5.41, 5.74) is -1.38. The molecule has 0 aliphatic carbocycles. The molecule has 2 rings (SSSR count). The maximum Gasteiger partial charge on any atom is 0.361 e. The summed E-state index contributed by atoms with van der Waals surface area (Å²) >= 11 is 0. The van der Waals surface area contributed by atoms with Crippen LogP contribution in [0.3, 0.4) is 0 Å². The van der Waals surface area contributed by atoms with Gasteiger partial charge in [0.05, 0.1) is 37.8 Å². The van der Waals surface area contributed by atoms with Crippen LogP contribution in [-0.2, 0) is 31.2 Å². The number of esters is 1. The van der Waals surface area contributed by atoms with Gasteiger partial charge in [-0.15, -0.1) is 5.10 Å². The quantitative estimate of drug-likeness (QED) is 0.178. The molecule has 34 heavy (non-hydrogen) atoms. The van der Waals surface area contributed by atoms with E-state index in [0.29, 0.717) is 12.1 Å². The highest BCUT2D eigenvalue weighted by atomic mass is 16.6. The summed E-state index contributed by atoms with van der Waals surface area (Å²) in [6.45, 7) is 2.57. The summed E-state index contributed by atoms with van der Waals surface area (Å²) in [7, 11) is 1.14. The van der Waals surface area contributed by atoms with Gasteiger partial charge in [-0.3, -0.25) is 4.79 Å². The normalized spacial score (nSPS) is 26.6. The molecule has 12 nitrogen and oxygen atoms in total. The number of carbonyl (C=O) groups is 2. The molecule has 1 aromatic heterocycles. The van der Waals surface area contributed by atoms with E-state index in [9.17, 15) is 30.0 Å². The summed E-state index contributed by atoms with van der Waals surface area (Å²) < 4.78 is 12.0. The Kier molecular flexibility index (Phi) is 10.8. The Bertz CT molecular complexity index is 791. The Hall–Kier alpha value is -2.12. The Morgan fingerprint density at radius 2 is 1.97 bits per heavy atom. The minimum atomic E-state index is -2.00. The number of hydrogen-bond donors (Lipinski definition) is 5. The second kappa shape index (κ2) is 13.1. The lowest BCUT2D eigenvalue weighted by atomic mass is 9.87. The Morgan fingerprint density at radius 3 is 2.59 bits per heavy atom. The fourth-order valence-corrected chi connectivity index (χ4v) is 4.21. The minimum absolute atomic E-state index is 0.358. The fraction of sp³-hybridized carbons (Fsp3) is 0.818. The molecule has 2 heterocycles. The van der Waals surface area contributed by atoms with Gasteiger partial charge in [0.2, 0.25) is 5.91 Å². The van der Waals surface area contributed by atoms with Crippen LogP contribution in [0.4, 0.5) is 0 Å². The highest BCUT2D eigenvalue weighted by Crippen LogP contribution is 2.36. The van der Waals surface area contributed by atoms with E-state index in [-0.39, 0.29) is 6.42 Å². The van der Waals surface area contributed by atoms with Gasteiger partial charge in [0.25, 0.3) is 5.72 Å². The maximum absolute atomic E-state index is 12.9. The molecule has 1 aliphatic rings. The van der Waals surface area contributed by atoms with Gasteiger partial charge in [0.15, 0.2) is 0 Å². The van der Waals surface area contributed by atoms with E-state index < -0.39 is 54.7 Å². The van der Waals surface area contributed by atoms with E-state index in [1.54, 1.807) is 0 Å². The third-order valence-corrected chi connectivity index (χ3v) is 6.07. The molecule has 0 radical (unpaired) electrons. The van der Waals surface area contributed by atoms with Gasteiger partial charge >= 0.3 is 5.97 Å². The van der Waals surface area contributed by atoms with E-state index in [1.807, 2.05) is 0 Å². The van der Waals surface area contributed by atoms with Crippen molar-refractivity contribution < 1.29 is 39.5 Å². The van der Waals surface area contributed by atoms with E-state index in [2.05, 4.69) is 22.6 Å². The number of amides is 1. The van der Waals surface area contributed by atoms with Crippen molar-refractivity contribution in [2.45, 2.75) is 101 Å². The Balaban J connectivity index is 2.29. The number of aliphatic hydroxyl groups is 4. The van der Waals surface area contributed by atoms with Crippen molar-refractivity contribution in [3.8, 4) is 0 Å². The molecule has 194 valence electrons. The van der Waals surface area contributed by atoms with E-state index >= 15 is 0 Å². The third kappa shape index (κ3) is 6.72. The standard InChI is InChI=1S/C22H38N4O8/c1-4-5-6-7-8-9-10-15-12-26(25-24-15)22(21(32)33-3)11-16(29)18(23-14(2)28)20(34-22)19(31)17(30)13-27/h12,16-20,27,29-31H,4-11,13H2,1-3H3,(H,23,28)/t16-,17+,18+,19+,20+,22+/m0/s1. The Morgan fingerprint density at radius 1 is 1.29 bits per heavy atom. The molecule has 1 aromatic rings. The number of ether oxygens (including phenoxy) is 2. The molecule has 6 atom stereocenters. The van der Waals surface area contributed by atoms with Gasteiger partial charge in [0.1, 0.15) is 18.3 Å². The lowest BCUT2D eigenvalue weighted by molar-refractivity contribution is -0.260. The highest BCUT2D eigenvalue weighted by molar-refractivity contribution is 5.77. The SMILES string of the molecule is CCCCCCCCc1cn([C@]2(C(=O)OC)C[C@H](O)[C@@H](NC(C)=O)[C@H]([C@H](O)[C@H](O)CO)O2)nn1. The number of nitrogens with zero attached hydrogens (tertiary/aromatic N) is 3. The van der Waals surface area contributed by atoms with Crippen LogP contribution in [0.25, 0.3) is 0 Å². The van der Waals surface area contributed by atoms with Crippen molar-refractivity contribution in [2.24, 2.45) is 0 Å². The molecule has 1 fully saturated rings. The van der Waals surface area contributed by atoms with Crippen molar-refractivity contribution in [1.29, 1.82) is 0 Å². The zero-order valence-electron chi connectivity index (χ0n) is 20.1. The monoisotopic (exact) mass is 486 g/mol. The fourth-order valence-electron chi connectivity index (χ4n) is 4.21. The summed E-state index contributed by atoms with van der Waals surface area (Å²) in [6.07, 6.45) is 2.17. The van der Waals surface area contributed by atoms with Crippen LogP contribution in [-0.4, -0.2) is 91.5 Å². The summed E-state index contributed by atoms with van der Waals surface area (Å²) in [5, 5.41) is 51.4. The number of unbranched alkanes of at least 4 members (excludes halogenated alkanes) is 5. The van der Waals surface area contributed by atoms with Crippen LogP contribution in [0.5, 0.6) is 0 Å². The van der Waals surface area contributed by atoms with Crippen molar-refractivity contribution >= 4 is 11.9 Å². The molecular formula is C22H38N4O8. The van der Waals surface area contributed by atoms with Crippen LogP contribution in [0.2, 0.25) is 0 Å². The molecule has 0 bridgehead atoms. The number of carbonyl (C=O) groups excluding carboxylic acids is 2. The molecule has 0 spiro atoms. The van der Waals surface area contributed by atoms with Gasteiger partial charge in [0, 0.05) is 13.3 Å². The summed E-state index contributed by atoms with van der Waals surface area (Å²) in [6, 6.07) is -1.17. The molecule has 0 saturated carbocycles. The third-order valence-electron chi connectivity index (χ3n) is 6.07. The summed E-state index contributed by atoms with van der Waals surface area (Å²) in [4.78, 5) is 24.6. The average molecular weight is 487 g/mol. The predicted octanol–water partition coefficient (Wildman–Crippen LogP) is -0.624. The number of nitrogens with one attached hydrogen (secondary N) is 1. The Labute approximate surface area is 199 Å². The molecule has 0 aromatic carbocycles. The lowest BCUT2D eigenvalue weighted by Gasteiger charge is -2.47. The molecule has 1 amide bonds. The number of aromatic nitrogens is 3. The van der Waals surface area contributed by atoms with Crippen molar-refractivity contribution in [1.82, 2.24) is 20.3 Å². The zero-order valence-corrected chi connectivity index (χ0v) is 20.1. The molecule has 0 unspecified atom stereocenters. The number of methoxy groups -OCH3 is 1. The maximum atomic E-state index is 12.9. The highest BCUT2D eigenvalue weighted by Gasteiger charge is 2.57. The number of aliphatic hydroxyl groups excluding tert-OH is 4. The van der Waals surface area contributed by atoms with Crippen LogP contribution in [0.1, 0.15) is 64.5 Å². The molecular weight excluding hydrogens is 448 g/mol. The van der Waals surface area contributed by atoms with Crippen molar-refractivity contribution in [2.75, 3.05) is 13.7 Å². The van der Waals surface area contributed by atoms with Gasteiger partial charge in [-0.1, -0.05) is 44.2 Å². The second-order valence-electron chi connectivity index (χ2n) is 8.77. The minimum Gasteiger partial charge on any atom is -0.465 e. The number of aryl methyl sites for hydroxylation is 1. The van der Waals surface area contributed by atoms with Crippen LogP contribution < -0.4 is 5.32 Å². The molecule has 1 saturated heterocycles. The van der Waals surface area contributed by atoms with Crippen LogP contribution in [0, 0.1) is 0 Å². The average Bonchev–Trinajstić information content (AvgIpc) is 3.30. The first-order chi connectivity index (χ1) is 16.2. The van der Waals surface area contributed by atoms with Gasteiger partial charge in [-0.25, -0.2) is 9.48 Å². The molecule has 12 heteroatoms. The predicted molar refractivity (Wildman–Crippen MR) is 119 cm³/mol. The van der Waals surface area contributed by atoms with Gasteiger partial charge in [-0.2, -0.15) is 0 Å². The first kappa shape index (κ1) is 28.1. The van der Waals surface area contributed by atoms with Crippen LogP contribution in [0.15, 0.2) is 6.20 Å². The molecule has 5 N–H and O–H groups in total. The first-order valence-corrected chi connectivity index (χ1v) is 11.8. The van der Waals surface area contributed by atoms with E-state index in [4.69, 9.17) is 9.47 Å². The van der Waals surface area contributed by atoms with E-state index in [0.717, 1.165) is 31.1 Å². The topological polar surface area (TPSA) is 176 Å². The summed E-state index contributed by atoms with van der Waals surface area (Å²) in [5.74, 6) is -1.42. The number of rotatable bonds is 13. The lowest BCUT2D eigenvalue weighted by Crippen LogP contribution is -2.67. The van der Waals surface area contributed by atoms with E-state index in [1.165, 1.54) is 32.4 Å². The zero-order chi connectivity index (χ0) is 25.3. The van der Waals surface area contributed by atoms with Crippen LogP contribution >= 0.6 is 0 Å². The van der Waals surface area contributed by atoms with Crippen molar-refractivity contribution in [3.63, 3.8) is 0 Å². The number of hydrogen-bond acceptors (Lipinski definition) is 10. The van der Waals surface area contributed by atoms with Crippen molar-refractivity contribution in [3.05, 3.63) is 11.9 Å². The van der Waals surface area contributed by atoms with Gasteiger partial charge in [-0.05, 0) is 12.8 Å². The molecule has 1 aliphatic heterocycles. The largest absolute Gasteiger partial charge is 0.465 e. The van der Waals surface area contributed by atoms with Gasteiger partial charge < -0.3 is 35.2 Å². The first-order valence-electron chi connectivity index (χ1n) is 11.8. The second-order valence-corrected chi connectivity index (χ2v) is 8.77.